The molecule has 0 heterocycles. The molecule has 56 valence electrons. The van der Waals surface area contributed by atoms with Gasteiger partial charge in [0.15, 0.2) is 5.78 Å². The van der Waals surface area contributed by atoms with Crippen molar-refractivity contribution in [3.05, 3.63) is 24.3 Å². The highest BCUT2D eigenvalue weighted by atomic mass is 16.3. The molecule has 1 N–H and O–H groups in total. The molecule has 1 atom stereocenters. The molecule has 0 bridgehead atoms. The summed E-state index contributed by atoms with van der Waals surface area (Å²) in [6, 6.07) is 0. The average molecular weight is 140 g/mol. The van der Waals surface area contributed by atoms with Gasteiger partial charge in [-0.25, -0.2) is 0 Å². The van der Waals surface area contributed by atoms with E-state index in [4.69, 9.17) is 5.11 Å². The third-order valence-corrected chi connectivity index (χ3v) is 0.832. The molecule has 0 aliphatic carbocycles. The van der Waals surface area contributed by atoms with E-state index in [2.05, 4.69) is 0 Å². The van der Waals surface area contributed by atoms with Crippen LogP contribution in [0.25, 0.3) is 0 Å². The first-order valence-electron chi connectivity index (χ1n) is 3.16. The Kier molecular flexibility index (Phi) is 4.50. The van der Waals surface area contributed by atoms with Crippen molar-refractivity contribution in [2.45, 2.75) is 20.0 Å². The largest absolute Gasteiger partial charge is 0.389 e. The minimum atomic E-state index is -0.448. The molecule has 0 fully saturated rings. The first kappa shape index (κ1) is 9.11. The fourth-order valence-corrected chi connectivity index (χ4v) is 0.416. The van der Waals surface area contributed by atoms with Gasteiger partial charge in [-0.3, -0.25) is 4.79 Å². The zero-order valence-corrected chi connectivity index (χ0v) is 6.24. The van der Waals surface area contributed by atoms with E-state index in [0.29, 0.717) is 0 Å². The molecular weight excluding hydrogens is 128 g/mol. The summed E-state index contributed by atoms with van der Waals surface area (Å²) in [5.41, 5.74) is 0. The van der Waals surface area contributed by atoms with Crippen molar-refractivity contribution < 1.29 is 9.90 Å². The van der Waals surface area contributed by atoms with Gasteiger partial charge in [-0.1, -0.05) is 18.2 Å². The number of hydrogen-bond donors (Lipinski definition) is 1. The molecule has 0 amide bonds. The maximum Gasteiger partial charge on any atom is 0.152 e. The Hall–Kier alpha value is -0.890. The normalized spacial score (nSPS) is 14.7. The Morgan fingerprint density at radius 1 is 1.50 bits per heavy atom. The molecule has 0 aromatic carbocycles. The Labute approximate surface area is 60.9 Å². The molecule has 1 unspecified atom stereocenters. The van der Waals surface area contributed by atoms with E-state index in [-0.39, 0.29) is 5.78 Å². The highest BCUT2D eigenvalue weighted by Gasteiger charge is 1.81. The van der Waals surface area contributed by atoms with E-state index in [1.54, 1.807) is 25.2 Å². The van der Waals surface area contributed by atoms with E-state index in [1.165, 1.54) is 13.0 Å². The summed E-state index contributed by atoms with van der Waals surface area (Å²) in [5.74, 6) is 0.00948. The molecule has 0 aliphatic rings. The van der Waals surface area contributed by atoms with Crippen molar-refractivity contribution in [3.8, 4) is 0 Å². The van der Waals surface area contributed by atoms with E-state index in [0.717, 1.165) is 0 Å². The number of allylic oxidation sites excluding steroid dienone is 3. The van der Waals surface area contributed by atoms with Crippen LogP contribution in [0.2, 0.25) is 0 Å². The van der Waals surface area contributed by atoms with Gasteiger partial charge in [-0.2, -0.15) is 0 Å². The molecule has 0 rings (SSSR count). The standard InChI is InChI=1S/C8H12O2/c1-7(9)5-3-4-6-8(2)10/h3-7,9H,1-2H3. The molecule has 2 heteroatoms. The summed E-state index contributed by atoms with van der Waals surface area (Å²) < 4.78 is 0. The van der Waals surface area contributed by atoms with Gasteiger partial charge in [0.25, 0.3) is 0 Å². The highest BCUT2D eigenvalue weighted by molar-refractivity contribution is 5.87. The van der Waals surface area contributed by atoms with Gasteiger partial charge >= 0.3 is 0 Å². The van der Waals surface area contributed by atoms with E-state index in [9.17, 15) is 4.79 Å². The second-order valence-corrected chi connectivity index (χ2v) is 2.10. The maximum atomic E-state index is 10.3. The smallest absolute Gasteiger partial charge is 0.152 e. The van der Waals surface area contributed by atoms with Gasteiger partial charge < -0.3 is 5.11 Å². The van der Waals surface area contributed by atoms with Crippen LogP contribution in [0.1, 0.15) is 13.8 Å². The number of hydrogen-bond acceptors (Lipinski definition) is 2. The highest BCUT2D eigenvalue weighted by Crippen LogP contribution is 1.84. The van der Waals surface area contributed by atoms with Crippen LogP contribution in [-0.4, -0.2) is 17.0 Å². The van der Waals surface area contributed by atoms with Crippen LogP contribution >= 0.6 is 0 Å². The van der Waals surface area contributed by atoms with Gasteiger partial charge in [0, 0.05) is 0 Å². The Bertz CT molecular complexity index is 155. The lowest BCUT2D eigenvalue weighted by Crippen LogP contribution is -1.90. The first-order chi connectivity index (χ1) is 4.63. The van der Waals surface area contributed by atoms with Crippen LogP contribution in [0.4, 0.5) is 0 Å². The monoisotopic (exact) mass is 140 g/mol. The minimum Gasteiger partial charge on any atom is -0.389 e. The van der Waals surface area contributed by atoms with Crippen molar-refractivity contribution >= 4 is 5.78 Å². The molecule has 0 aromatic heterocycles. The van der Waals surface area contributed by atoms with Crippen LogP contribution in [0, 0.1) is 0 Å². The molecule has 0 aliphatic heterocycles. The average Bonchev–Trinajstić information content (AvgIpc) is 1.79. The second-order valence-electron chi connectivity index (χ2n) is 2.10. The predicted molar refractivity (Wildman–Crippen MR) is 40.6 cm³/mol. The topological polar surface area (TPSA) is 37.3 Å². The lowest BCUT2D eigenvalue weighted by Gasteiger charge is -1.88. The summed E-state index contributed by atoms with van der Waals surface area (Å²) in [7, 11) is 0. The summed E-state index contributed by atoms with van der Waals surface area (Å²) in [6.45, 7) is 3.13. The summed E-state index contributed by atoms with van der Waals surface area (Å²) in [4.78, 5) is 10.3. The fourth-order valence-electron chi connectivity index (χ4n) is 0.416. The quantitative estimate of drug-likeness (QED) is 0.470. The Morgan fingerprint density at radius 3 is 2.50 bits per heavy atom. The third kappa shape index (κ3) is 7.11. The van der Waals surface area contributed by atoms with E-state index < -0.39 is 6.10 Å². The van der Waals surface area contributed by atoms with Crippen molar-refractivity contribution in [2.75, 3.05) is 0 Å². The molecule has 0 saturated heterocycles. The fraction of sp³-hybridized carbons (Fsp3) is 0.375. The minimum absolute atomic E-state index is 0.00948. The zero-order chi connectivity index (χ0) is 7.98. The molecule has 2 nitrogen and oxygen atoms in total. The summed E-state index contributed by atoms with van der Waals surface area (Å²) >= 11 is 0. The number of carbonyl (C=O) groups is 1. The molecule has 0 saturated carbocycles. The number of carbonyl (C=O) groups excluding carboxylic acids is 1. The van der Waals surface area contributed by atoms with Gasteiger partial charge in [-0.05, 0) is 19.9 Å². The van der Waals surface area contributed by atoms with Gasteiger partial charge in [0.05, 0.1) is 6.10 Å². The van der Waals surface area contributed by atoms with Crippen LogP contribution in [0.5, 0.6) is 0 Å². The molecule has 10 heavy (non-hydrogen) atoms. The van der Waals surface area contributed by atoms with Crippen molar-refractivity contribution in [1.29, 1.82) is 0 Å². The van der Waals surface area contributed by atoms with Crippen LogP contribution < -0.4 is 0 Å². The number of aliphatic hydroxyl groups excluding tert-OH is 1. The van der Waals surface area contributed by atoms with Crippen LogP contribution in [0.15, 0.2) is 24.3 Å². The van der Waals surface area contributed by atoms with Gasteiger partial charge in [0.1, 0.15) is 0 Å². The number of aliphatic hydroxyl groups is 1. The molecule has 0 spiro atoms. The Balaban J connectivity index is 3.62. The first-order valence-corrected chi connectivity index (χ1v) is 3.16. The SMILES string of the molecule is CC(=O)C=CC=CC(C)O. The molecule has 0 aromatic rings. The predicted octanol–water partition coefficient (Wildman–Crippen LogP) is 1.07. The van der Waals surface area contributed by atoms with Crippen LogP contribution in [0.3, 0.4) is 0 Å². The zero-order valence-electron chi connectivity index (χ0n) is 6.24. The second kappa shape index (κ2) is 4.94. The summed E-state index contributed by atoms with van der Waals surface area (Å²) in [5, 5.41) is 8.71. The summed E-state index contributed by atoms with van der Waals surface area (Å²) in [6.07, 6.45) is 5.84. The van der Waals surface area contributed by atoms with Crippen molar-refractivity contribution in [1.82, 2.24) is 0 Å². The van der Waals surface area contributed by atoms with Crippen molar-refractivity contribution in [3.63, 3.8) is 0 Å². The van der Waals surface area contributed by atoms with Crippen LogP contribution in [-0.2, 0) is 4.79 Å². The number of rotatable bonds is 3. The lowest BCUT2D eigenvalue weighted by molar-refractivity contribution is -0.112. The Morgan fingerprint density at radius 2 is 2.10 bits per heavy atom. The van der Waals surface area contributed by atoms with Gasteiger partial charge in [0.2, 0.25) is 0 Å². The van der Waals surface area contributed by atoms with Crippen molar-refractivity contribution in [2.24, 2.45) is 0 Å². The number of ketones is 1. The third-order valence-electron chi connectivity index (χ3n) is 0.832. The van der Waals surface area contributed by atoms with E-state index in [1.807, 2.05) is 0 Å². The van der Waals surface area contributed by atoms with E-state index >= 15 is 0 Å². The lowest BCUT2D eigenvalue weighted by atomic mass is 10.3. The molecular formula is C8H12O2. The molecule has 0 radical (unpaired) electrons. The van der Waals surface area contributed by atoms with Gasteiger partial charge in [-0.15, -0.1) is 0 Å². The maximum absolute atomic E-state index is 10.3.